The predicted molar refractivity (Wildman–Crippen MR) is 112 cm³/mol. The van der Waals surface area contributed by atoms with Crippen molar-refractivity contribution < 1.29 is 9.53 Å². The molecule has 2 nitrogen and oxygen atoms in total. The number of terminal acetylenes is 1. The first-order valence-electron chi connectivity index (χ1n) is 8.90. The molecule has 0 aliphatic carbocycles. The van der Waals surface area contributed by atoms with Crippen molar-refractivity contribution in [2.45, 2.75) is 44.4 Å². The summed E-state index contributed by atoms with van der Waals surface area (Å²) in [6.07, 6.45) is 6.44. The maximum absolute atomic E-state index is 10.0. The van der Waals surface area contributed by atoms with Gasteiger partial charge in [-0.05, 0) is 15.4 Å². The summed E-state index contributed by atoms with van der Waals surface area (Å²) < 4.78 is 6.79. The van der Waals surface area contributed by atoms with Crippen molar-refractivity contribution in [1.82, 2.24) is 0 Å². The van der Waals surface area contributed by atoms with E-state index >= 15 is 0 Å². The molecule has 0 heterocycles. The van der Waals surface area contributed by atoms with Crippen LogP contribution in [0.4, 0.5) is 0 Å². The minimum atomic E-state index is -2.70. The summed E-state index contributed by atoms with van der Waals surface area (Å²) >= 11 is 0. The van der Waals surface area contributed by atoms with E-state index in [2.05, 4.69) is 57.5 Å². The molecule has 0 aliphatic heterocycles. The molecule has 0 fully saturated rings. The summed E-state index contributed by atoms with van der Waals surface area (Å²) in [4.78, 5) is 0. The fraction of sp³-hybridized carbons (Fsp3) is 0.304. The molecular formula is C23H28O2Si. The van der Waals surface area contributed by atoms with Gasteiger partial charge in [0, 0.05) is 6.42 Å². The van der Waals surface area contributed by atoms with Crippen LogP contribution < -0.4 is 10.4 Å². The zero-order valence-electron chi connectivity index (χ0n) is 15.9. The zero-order valence-corrected chi connectivity index (χ0v) is 16.9. The van der Waals surface area contributed by atoms with Gasteiger partial charge < -0.3 is 9.53 Å². The Kier molecular flexibility index (Phi) is 6.61. The topological polar surface area (TPSA) is 29.5 Å². The van der Waals surface area contributed by atoms with E-state index in [1.165, 1.54) is 16.4 Å². The van der Waals surface area contributed by atoms with Gasteiger partial charge in [-0.1, -0.05) is 93.4 Å². The normalized spacial score (nSPS) is 14.3. The highest BCUT2D eigenvalue weighted by atomic mass is 28.4. The Morgan fingerprint density at radius 2 is 1.54 bits per heavy atom. The van der Waals surface area contributed by atoms with Crippen LogP contribution in [0.5, 0.6) is 0 Å². The van der Waals surface area contributed by atoms with Crippen LogP contribution >= 0.6 is 0 Å². The van der Waals surface area contributed by atoms with E-state index in [9.17, 15) is 5.11 Å². The summed E-state index contributed by atoms with van der Waals surface area (Å²) in [6, 6.07) is 20.7. The number of aliphatic hydroxyl groups is 1. The van der Waals surface area contributed by atoms with Crippen molar-refractivity contribution in [3.8, 4) is 12.3 Å². The number of aliphatic hydroxyl groups excluding tert-OH is 1. The monoisotopic (exact) mass is 364 g/mol. The lowest BCUT2D eigenvalue weighted by atomic mass is 10.2. The minimum absolute atomic E-state index is 0.149. The third-order valence-corrected chi connectivity index (χ3v) is 9.69. The van der Waals surface area contributed by atoms with Gasteiger partial charge in [-0.25, -0.2) is 0 Å². The molecule has 0 aromatic heterocycles. The first-order valence-corrected chi connectivity index (χ1v) is 10.8. The first-order chi connectivity index (χ1) is 12.3. The van der Waals surface area contributed by atoms with Crippen molar-refractivity contribution >= 4 is 18.7 Å². The Balaban J connectivity index is 2.64. The second-order valence-corrected chi connectivity index (χ2v) is 11.7. The van der Waals surface area contributed by atoms with Crippen LogP contribution in [0, 0.1) is 12.3 Å². The average Bonchev–Trinajstić information content (AvgIpc) is 2.65. The highest BCUT2D eigenvalue weighted by molar-refractivity contribution is 6.99. The van der Waals surface area contributed by atoms with Gasteiger partial charge in [0.25, 0.3) is 8.32 Å². The Labute approximate surface area is 158 Å². The summed E-state index contributed by atoms with van der Waals surface area (Å²) in [6.45, 7) is 10.3. The number of hydrogen-bond acceptors (Lipinski definition) is 2. The Morgan fingerprint density at radius 3 is 1.88 bits per heavy atom. The van der Waals surface area contributed by atoms with E-state index in [4.69, 9.17) is 10.8 Å². The SMILES string of the molecule is C#CC(CC(O)C=C)O[Si](c1ccccc1)(c1ccccc1)C(C)(C)C. The molecule has 2 atom stereocenters. The highest BCUT2D eigenvalue weighted by Crippen LogP contribution is 2.37. The molecule has 0 amide bonds. The molecule has 2 aromatic rings. The Bertz CT molecular complexity index is 702. The maximum atomic E-state index is 10.0. The van der Waals surface area contributed by atoms with Gasteiger partial charge in [-0.15, -0.1) is 13.0 Å². The molecular weight excluding hydrogens is 336 g/mol. The van der Waals surface area contributed by atoms with Gasteiger partial charge in [-0.3, -0.25) is 0 Å². The molecule has 2 rings (SSSR count). The Morgan fingerprint density at radius 1 is 1.08 bits per heavy atom. The lowest BCUT2D eigenvalue weighted by molar-refractivity contribution is 0.145. The highest BCUT2D eigenvalue weighted by Gasteiger charge is 2.51. The van der Waals surface area contributed by atoms with Crippen molar-refractivity contribution in [2.75, 3.05) is 0 Å². The molecule has 136 valence electrons. The quantitative estimate of drug-likeness (QED) is 0.463. The van der Waals surface area contributed by atoms with E-state index in [-0.39, 0.29) is 5.04 Å². The molecule has 0 bridgehead atoms. The van der Waals surface area contributed by atoms with Crippen LogP contribution in [0.15, 0.2) is 73.3 Å². The van der Waals surface area contributed by atoms with Gasteiger partial charge in [0.1, 0.15) is 6.10 Å². The molecule has 1 N–H and O–H groups in total. The Hall–Kier alpha value is -2.12. The minimum Gasteiger partial charge on any atom is -0.394 e. The molecule has 0 radical (unpaired) electrons. The van der Waals surface area contributed by atoms with E-state index in [0.29, 0.717) is 6.42 Å². The molecule has 0 spiro atoms. The third-order valence-electron chi connectivity index (χ3n) is 4.65. The summed E-state index contributed by atoms with van der Waals surface area (Å²) in [7, 11) is -2.70. The molecule has 2 aromatic carbocycles. The van der Waals surface area contributed by atoms with Crippen LogP contribution in [0.1, 0.15) is 27.2 Å². The molecule has 0 saturated carbocycles. The second kappa shape index (κ2) is 8.51. The number of benzene rings is 2. The van der Waals surface area contributed by atoms with Crippen molar-refractivity contribution in [3.05, 3.63) is 73.3 Å². The van der Waals surface area contributed by atoms with Crippen LogP contribution in [0.25, 0.3) is 0 Å². The van der Waals surface area contributed by atoms with E-state index < -0.39 is 20.5 Å². The van der Waals surface area contributed by atoms with Gasteiger partial charge >= 0.3 is 0 Å². The van der Waals surface area contributed by atoms with Gasteiger partial charge in [0.05, 0.1) is 6.10 Å². The fourth-order valence-electron chi connectivity index (χ4n) is 3.37. The van der Waals surface area contributed by atoms with Crippen molar-refractivity contribution in [2.24, 2.45) is 0 Å². The van der Waals surface area contributed by atoms with Crippen LogP contribution in [0.3, 0.4) is 0 Å². The van der Waals surface area contributed by atoms with Gasteiger partial charge in [-0.2, -0.15) is 0 Å². The molecule has 26 heavy (non-hydrogen) atoms. The maximum Gasteiger partial charge on any atom is 0.262 e. The van der Waals surface area contributed by atoms with Crippen molar-refractivity contribution in [1.29, 1.82) is 0 Å². The summed E-state index contributed by atoms with van der Waals surface area (Å²) in [5, 5.41) is 12.2. The molecule has 0 aliphatic rings. The van der Waals surface area contributed by atoms with E-state index in [0.717, 1.165) is 0 Å². The third kappa shape index (κ3) is 4.16. The molecule has 0 saturated heterocycles. The number of hydrogen-bond donors (Lipinski definition) is 1. The van der Waals surface area contributed by atoms with E-state index in [1.54, 1.807) is 0 Å². The van der Waals surface area contributed by atoms with Gasteiger partial charge in [0.2, 0.25) is 0 Å². The number of rotatable bonds is 7. The standard InChI is InChI=1S/C23H28O2Si/c1-6-19(24)18-20(7-2)25-26(23(3,4)5,21-14-10-8-11-15-21)22-16-12-9-13-17-22/h2,6,8-17,19-20,24H,1,18H2,3-5H3. The summed E-state index contributed by atoms with van der Waals surface area (Å²) in [5.74, 6) is 2.74. The lowest BCUT2D eigenvalue weighted by Gasteiger charge is -2.44. The van der Waals surface area contributed by atoms with Crippen LogP contribution in [-0.2, 0) is 4.43 Å². The smallest absolute Gasteiger partial charge is 0.262 e. The van der Waals surface area contributed by atoms with E-state index in [1.807, 2.05) is 36.4 Å². The molecule has 2 unspecified atom stereocenters. The zero-order chi connectivity index (χ0) is 19.2. The predicted octanol–water partition coefficient (Wildman–Crippen LogP) is 3.50. The largest absolute Gasteiger partial charge is 0.394 e. The average molecular weight is 365 g/mol. The summed E-state index contributed by atoms with van der Waals surface area (Å²) in [5.41, 5.74) is 0. The molecule has 3 heteroatoms. The van der Waals surface area contributed by atoms with Crippen molar-refractivity contribution in [3.63, 3.8) is 0 Å². The second-order valence-electron chi connectivity index (χ2n) is 7.48. The first kappa shape index (κ1) is 20.2. The lowest BCUT2D eigenvalue weighted by Crippen LogP contribution is -2.67. The van der Waals surface area contributed by atoms with Crippen LogP contribution in [0.2, 0.25) is 5.04 Å². The van der Waals surface area contributed by atoms with Crippen LogP contribution in [-0.4, -0.2) is 25.6 Å². The van der Waals surface area contributed by atoms with Gasteiger partial charge in [0.15, 0.2) is 0 Å². The fourth-order valence-corrected chi connectivity index (χ4v) is 7.98.